The maximum atomic E-state index is 10.9. The van der Waals surface area contributed by atoms with Gasteiger partial charge < -0.3 is 5.11 Å². The standard InChI is InChI=1S/C21H22O/c1-14(2)16-10-12-18(13-11-16)21(22)20-15(3)8-9-17-6-4-5-7-19(17)20/h4-14,21-22H,1-3H3/t21-/m1/s1. The first-order chi connectivity index (χ1) is 10.6. The van der Waals surface area contributed by atoms with Crippen LogP contribution in [-0.4, -0.2) is 5.11 Å². The molecule has 0 saturated heterocycles. The van der Waals surface area contributed by atoms with Gasteiger partial charge in [0.15, 0.2) is 0 Å². The molecular weight excluding hydrogens is 268 g/mol. The molecule has 0 amide bonds. The summed E-state index contributed by atoms with van der Waals surface area (Å²) in [5, 5.41) is 13.2. The van der Waals surface area contributed by atoms with Crippen molar-refractivity contribution in [2.45, 2.75) is 32.8 Å². The molecule has 0 aromatic heterocycles. The molecule has 3 aromatic rings. The van der Waals surface area contributed by atoms with Gasteiger partial charge in [0, 0.05) is 0 Å². The van der Waals surface area contributed by atoms with Crippen molar-refractivity contribution in [2.75, 3.05) is 0 Å². The van der Waals surface area contributed by atoms with Crippen LogP contribution in [-0.2, 0) is 0 Å². The van der Waals surface area contributed by atoms with Crippen LogP contribution in [0.15, 0.2) is 60.7 Å². The third-order valence-electron chi connectivity index (χ3n) is 4.38. The van der Waals surface area contributed by atoms with Gasteiger partial charge in [0.1, 0.15) is 6.10 Å². The van der Waals surface area contributed by atoms with Gasteiger partial charge in [0.25, 0.3) is 0 Å². The summed E-state index contributed by atoms with van der Waals surface area (Å²) in [4.78, 5) is 0. The first-order valence-electron chi connectivity index (χ1n) is 7.84. The van der Waals surface area contributed by atoms with Crippen LogP contribution in [0.4, 0.5) is 0 Å². The van der Waals surface area contributed by atoms with Gasteiger partial charge in [-0.05, 0) is 45.9 Å². The Bertz CT molecular complexity index is 785. The Morgan fingerprint density at radius 2 is 1.41 bits per heavy atom. The molecule has 0 radical (unpaired) electrons. The molecule has 0 fully saturated rings. The second kappa shape index (κ2) is 5.94. The van der Waals surface area contributed by atoms with Crippen LogP contribution < -0.4 is 0 Å². The molecule has 0 aliphatic carbocycles. The van der Waals surface area contributed by atoms with Gasteiger partial charge in [-0.1, -0.05) is 74.5 Å². The van der Waals surface area contributed by atoms with Crippen molar-refractivity contribution in [1.82, 2.24) is 0 Å². The lowest BCUT2D eigenvalue weighted by atomic mass is 9.91. The van der Waals surface area contributed by atoms with Crippen molar-refractivity contribution >= 4 is 10.8 Å². The second-order valence-corrected chi connectivity index (χ2v) is 6.24. The highest BCUT2D eigenvalue weighted by Crippen LogP contribution is 2.32. The normalized spacial score (nSPS) is 12.8. The highest BCUT2D eigenvalue weighted by molar-refractivity contribution is 5.87. The summed E-state index contributed by atoms with van der Waals surface area (Å²) >= 11 is 0. The van der Waals surface area contributed by atoms with Gasteiger partial charge in [-0.15, -0.1) is 0 Å². The van der Waals surface area contributed by atoms with Gasteiger partial charge in [-0.3, -0.25) is 0 Å². The zero-order chi connectivity index (χ0) is 15.7. The minimum absolute atomic E-state index is 0.505. The number of aryl methyl sites for hydroxylation is 1. The maximum Gasteiger partial charge on any atom is 0.105 e. The zero-order valence-corrected chi connectivity index (χ0v) is 13.4. The van der Waals surface area contributed by atoms with E-state index in [2.05, 4.69) is 57.2 Å². The van der Waals surface area contributed by atoms with Gasteiger partial charge in [0.05, 0.1) is 0 Å². The highest BCUT2D eigenvalue weighted by atomic mass is 16.3. The molecule has 0 saturated carbocycles. The predicted molar refractivity (Wildman–Crippen MR) is 93.3 cm³/mol. The van der Waals surface area contributed by atoms with Gasteiger partial charge in [0.2, 0.25) is 0 Å². The second-order valence-electron chi connectivity index (χ2n) is 6.24. The molecule has 1 nitrogen and oxygen atoms in total. The van der Waals surface area contributed by atoms with Gasteiger partial charge in [-0.2, -0.15) is 0 Å². The lowest BCUT2D eigenvalue weighted by Gasteiger charge is -2.18. The average molecular weight is 290 g/mol. The lowest BCUT2D eigenvalue weighted by molar-refractivity contribution is 0.221. The van der Waals surface area contributed by atoms with E-state index in [1.54, 1.807) is 0 Å². The van der Waals surface area contributed by atoms with E-state index in [0.29, 0.717) is 5.92 Å². The van der Waals surface area contributed by atoms with Crippen LogP contribution in [0.25, 0.3) is 10.8 Å². The van der Waals surface area contributed by atoms with Crippen molar-refractivity contribution in [3.8, 4) is 0 Å². The van der Waals surface area contributed by atoms with Crippen LogP contribution in [0, 0.1) is 6.92 Å². The van der Waals surface area contributed by atoms with Crippen LogP contribution in [0.1, 0.15) is 48.1 Å². The summed E-state index contributed by atoms with van der Waals surface area (Å²) in [6, 6.07) is 20.8. The van der Waals surface area contributed by atoms with Gasteiger partial charge in [-0.25, -0.2) is 0 Å². The Hall–Kier alpha value is -2.12. The molecule has 0 bridgehead atoms. The van der Waals surface area contributed by atoms with Crippen molar-refractivity contribution in [2.24, 2.45) is 0 Å². The third kappa shape index (κ3) is 2.65. The average Bonchev–Trinajstić information content (AvgIpc) is 2.54. The molecule has 1 atom stereocenters. The molecule has 1 heteroatoms. The fourth-order valence-corrected chi connectivity index (χ4v) is 3.00. The zero-order valence-electron chi connectivity index (χ0n) is 13.4. The van der Waals surface area contributed by atoms with Crippen molar-refractivity contribution < 1.29 is 5.11 Å². The largest absolute Gasteiger partial charge is 0.384 e. The topological polar surface area (TPSA) is 20.2 Å². The van der Waals surface area contributed by atoms with Crippen molar-refractivity contribution in [1.29, 1.82) is 0 Å². The Balaban J connectivity index is 2.08. The maximum absolute atomic E-state index is 10.9. The fraction of sp³-hybridized carbons (Fsp3) is 0.238. The quantitative estimate of drug-likeness (QED) is 0.689. The fourth-order valence-electron chi connectivity index (χ4n) is 3.00. The van der Waals surface area contributed by atoms with Crippen LogP contribution in [0.5, 0.6) is 0 Å². The number of aliphatic hydroxyl groups is 1. The van der Waals surface area contributed by atoms with E-state index in [1.807, 2.05) is 24.3 Å². The number of benzene rings is 3. The predicted octanol–water partition coefficient (Wildman–Crippen LogP) is 5.35. The molecular formula is C21H22O. The molecule has 3 rings (SSSR count). The molecule has 0 unspecified atom stereocenters. The minimum atomic E-state index is -0.590. The summed E-state index contributed by atoms with van der Waals surface area (Å²) in [5.41, 5.74) is 4.38. The first-order valence-corrected chi connectivity index (χ1v) is 7.84. The SMILES string of the molecule is Cc1ccc2ccccc2c1[C@H](O)c1ccc(C(C)C)cc1. The number of fused-ring (bicyclic) bond motifs is 1. The number of hydrogen-bond donors (Lipinski definition) is 1. The van der Waals surface area contributed by atoms with Gasteiger partial charge >= 0.3 is 0 Å². The molecule has 22 heavy (non-hydrogen) atoms. The van der Waals surface area contributed by atoms with E-state index in [-0.39, 0.29) is 0 Å². The van der Waals surface area contributed by atoms with Crippen LogP contribution in [0.2, 0.25) is 0 Å². The summed E-state index contributed by atoms with van der Waals surface area (Å²) in [6.45, 7) is 6.42. The summed E-state index contributed by atoms with van der Waals surface area (Å²) in [7, 11) is 0. The molecule has 0 spiro atoms. The van der Waals surface area contributed by atoms with E-state index < -0.39 is 6.10 Å². The smallest absolute Gasteiger partial charge is 0.105 e. The first kappa shape index (κ1) is 14.8. The van der Waals surface area contributed by atoms with E-state index in [1.165, 1.54) is 10.9 Å². The molecule has 112 valence electrons. The lowest BCUT2D eigenvalue weighted by Crippen LogP contribution is -2.03. The Kier molecular flexibility index (Phi) is 4.00. The number of hydrogen-bond acceptors (Lipinski definition) is 1. The Morgan fingerprint density at radius 3 is 2.09 bits per heavy atom. The highest BCUT2D eigenvalue weighted by Gasteiger charge is 2.16. The van der Waals surface area contributed by atoms with Crippen LogP contribution >= 0.6 is 0 Å². The van der Waals surface area contributed by atoms with Crippen molar-refractivity contribution in [3.05, 3.63) is 82.9 Å². The minimum Gasteiger partial charge on any atom is -0.384 e. The summed E-state index contributed by atoms with van der Waals surface area (Å²) in [5.74, 6) is 0.505. The third-order valence-corrected chi connectivity index (χ3v) is 4.38. The van der Waals surface area contributed by atoms with E-state index >= 15 is 0 Å². The van der Waals surface area contributed by atoms with E-state index in [9.17, 15) is 5.11 Å². The Labute approximate surface area is 132 Å². The monoisotopic (exact) mass is 290 g/mol. The number of aliphatic hydroxyl groups excluding tert-OH is 1. The number of rotatable bonds is 3. The van der Waals surface area contributed by atoms with Crippen molar-refractivity contribution in [3.63, 3.8) is 0 Å². The Morgan fingerprint density at radius 1 is 0.773 bits per heavy atom. The molecule has 0 aliphatic heterocycles. The molecule has 1 N–H and O–H groups in total. The molecule has 0 heterocycles. The summed E-state index contributed by atoms with van der Waals surface area (Å²) < 4.78 is 0. The van der Waals surface area contributed by atoms with E-state index in [4.69, 9.17) is 0 Å². The molecule has 3 aromatic carbocycles. The van der Waals surface area contributed by atoms with E-state index in [0.717, 1.165) is 22.1 Å². The van der Waals surface area contributed by atoms with Crippen LogP contribution in [0.3, 0.4) is 0 Å². The summed E-state index contributed by atoms with van der Waals surface area (Å²) in [6.07, 6.45) is -0.590. The molecule has 0 aliphatic rings.